The van der Waals surface area contributed by atoms with Gasteiger partial charge >= 0.3 is 5.97 Å². The zero-order valence-electron chi connectivity index (χ0n) is 16.6. The van der Waals surface area contributed by atoms with Gasteiger partial charge in [0.05, 0.1) is 11.5 Å². The molecule has 0 aliphatic heterocycles. The molecule has 0 radical (unpaired) electrons. The van der Waals surface area contributed by atoms with Crippen molar-refractivity contribution in [3.63, 3.8) is 0 Å². The lowest BCUT2D eigenvalue weighted by Gasteiger charge is -2.11. The SMILES string of the molecule is CCOc1cc(/C=C(\C#N)C(=O)Nc2ccc([N+](=O)[O-])cc2C)ccc1OC(C)=O. The molecule has 0 saturated carbocycles. The molecular weight excluding hydrogens is 390 g/mol. The Balaban J connectivity index is 2.29. The van der Waals surface area contributed by atoms with Gasteiger partial charge in [0.25, 0.3) is 11.6 Å². The van der Waals surface area contributed by atoms with Crippen molar-refractivity contribution in [2.45, 2.75) is 20.8 Å². The van der Waals surface area contributed by atoms with E-state index in [9.17, 15) is 25.0 Å². The Morgan fingerprint density at radius 2 is 1.97 bits per heavy atom. The van der Waals surface area contributed by atoms with E-state index in [0.717, 1.165) is 0 Å². The Labute approximate surface area is 172 Å². The van der Waals surface area contributed by atoms with Crippen LogP contribution in [0.3, 0.4) is 0 Å². The van der Waals surface area contributed by atoms with Gasteiger partial charge in [0.2, 0.25) is 0 Å². The third-order valence-electron chi connectivity index (χ3n) is 3.87. The number of ether oxygens (including phenoxy) is 2. The maximum atomic E-state index is 12.5. The van der Waals surface area contributed by atoms with E-state index in [1.54, 1.807) is 26.0 Å². The molecular formula is C21H19N3O6. The number of carbonyl (C=O) groups excluding carboxylic acids is 2. The van der Waals surface area contributed by atoms with Gasteiger partial charge in [-0.05, 0) is 49.2 Å². The zero-order chi connectivity index (χ0) is 22.3. The lowest BCUT2D eigenvalue weighted by atomic mass is 10.1. The molecule has 0 aromatic heterocycles. The number of benzene rings is 2. The van der Waals surface area contributed by atoms with Crippen LogP contribution in [-0.4, -0.2) is 23.4 Å². The predicted molar refractivity (Wildman–Crippen MR) is 109 cm³/mol. The molecule has 0 spiro atoms. The van der Waals surface area contributed by atoms with Crippen LogP contribution in [-0.2, 0) is 9.59 Å². The molecule has 2 rings (SSSR count). The molecule has 9 heteroatoms. The van der Waals surface area contributed by atoms with Crippen LogP contribution < -0.4 is 14.8 Å². The normalized spacial score (nSPS) is 10.7. The number of rotatable bonds is 7. The summed E-state index contributed by atoms with van der Waals surface area (Å²) in [5.41, 5.74) is 1.04. The van der Waals surface area contributed by atoms with Crippen LogP contribution in [0.4, 0.5) is 11.4 Å². The van der Waals surface area contributed by atoms with Crippen molar-refractivity contribution < 1.29 is 24.0 Å². The molecule has 0 fully saturated rings. The fourth-order valence-corrected chi connectivity index (χ4v) is 2.53. The molecule has 0 atom stereocenters. The van der Waals surface area contributed by atoms with E-state index in [2.05, 4.69) is 5.32 Å². The van der Waals surface area contributed by atoms with Crippen LogP contribution in [0.15, 0.2) is 42.0 Å². The molecule has 0 bridgehead atoms. The Bertz CT molecular complexity index is 1070. The van der Waals surface area contributed by atoms with Crippen molar-refractivity contribution in [3.05, 3.63) is 63.2 Å². The van der Waals surface area contributed by atoms with Crippen LogP contribution in [0.25, 0.3) is 6.08 Å². The first-order valence-corrected chi connectivity index (χ1v) is 8.88. The number of hydrogen-bond acceptors (Lipinski definition) is 7. The zero-order valence-corrected chi connectivity index (χ0v) is 16.6. The second-order valence-electron chi connectivity index (χ2n) is 6.11. The standard InChI is InChI=1S/C21H19N3O6/c1-4-29-20-11-15(5-8-19(20)30-14(3)25)10-16(12-22)21(26)23-18-7-6-17(24(27)28)9-13(18)2/h5-11H,4H2,1-3H3,(H,23,26)/b16-10+. The van der Waals surface area contributed by atoms with Crippen molar-refractivity contribution in [1.82, 2.24) is 0 Å². The number of nitriles is 1. The van der Waals surface area contributed by atoms with Crippen molar-refractivity contribution in [2.75, 3.05) is 11.9 Å². The number of esters is 1. The first-order chi connectivity index (χ1) is 14.2. The van der Waals surface area contributed by atoms with E-state index >= 15 is 0 Å². The summed E-state index contributed by atoms with van der Waals surface area (Å²) < 4.78 is 10.5. The van der Waals surface area contributed by atoms with Crippen LogP contribution in [0.2, 0.25) is 0 Å². The summed E-state index contributed by atoms with van der Waals surface area (Å²) in [7, 11) is 0. The molecule has 9 nitrogen and oxygen atoms in total. The number of hydrogen-bond donors (Lipinski definition) is 1. The van der Waals surface area contributed by atoms with E-state index in [1.807, 2.05) is 6.07 Å². The van der Waals surface area contributed by atoms with Gasteiger partial charge in [-0.15, -0.1) is 0 Å². The summed E-state index contributed by atoms with van der Waals surface area (Å²) in [6.45, 7) is 4.97. The van der Waals surface area contributed by atoms with E-state index in [1.165, 1.54) is 37.3 Å². The predicted octanol–water partition coefficient (Wildman–Crippen LogP) is 3.77. The van der Waals surface area contributed by atoms with E-state index in [4.69, 9.17) is 9.47 Å². The first kappa shape index (κ1) is 22.1. The molecule has 2 aromatic carbocycles. The van der Waals surface area contributed by atoms with Gasteiger partial charge in [0.15, 0.2) is 11.5 Å². The number of non-ortho nitro benzene ring substituents is 1. The van der Waals surface area contributed by atoms with Gasteiger partial charge in [-0.3, -0.25) is 19.7 Å². The number of carbonyl (C=O) groups is 2. The lowest BCUT2D eigenvalue weighted by molar-refractivity contribution is -0.384. The second-order valence-corrected chi connectivity index (χ2v) is 6.11. The van der Waals surface area contributed by atoms with Crippen LogP contribution in [0.1, 0.15) is 25.0 Å². The summed E-state index contributed by atoms with van der Waals surface area (Å²) in [6, 6.07) is 10.5. The Hall–Kier alpha value is -4.19. The quantitative estimate of drug-likeness (QED) is 0.184. The fourth-order valence-electron chi connectivity index (χ4n) is 2.53. The number of amides is 1. The number of nitro benzene ring substituents is 1. The minimum Gasteiger partial charge on any atom is -0.490 e. The van der Waals surface area contributed by atoms with Crippen molar-refractivity contribution in [2.24, 2.45) is 0 Å². The second kappa shape index (κ2) is 9.84. The number of nitrogens with zero attached hydrogens (tertiary/aromatic N) is 2. The molecule has 30 heavy (non-hydrogen) atoms. The number of nitrogens with one attached hydrogen (secondary N) is 1. The van der Waals surface area contributed by atoms with Gasteiger partial charge in [0, 0.05) is 24.7 Å². The number of anilines is 1. The Morgan fingerprint density at radius 3 is 2.53 bits per heavy atom. The first-order valence-electron chi connectivity index (χ1n) is 8.88. The Morgan fingerprint density at radius 1 is 1.23 bits per heavy atom. The smallest absolute Gasteiger partial charge is 0.308 e. The third-order valence-corrected chi connectivity index (χ3v) is 3.87. The highest BCUT2D eigenvalue weighted by Gasteiger charge is 2.14. The molecule has 0 heterocycles. The molecule has 1 amide bonds. The molecule has 154 valence electrons. The molecule has 1 N–H and O–H groups in total. The monoisotopic (exact) mass is 409 g/mol. The van der Waals surface area contributed by atoms with Crippen molar-refractivity contribution in [3.8, 4) is 17.6 Å². The maximum Gasteiger partial charge on any atom is 0.308 e. The summed E-state index contributed by atoms with van der Waals surface area (Å²) in [5.74, 6) is -0.650. The highest BCUT2D eigenvalue weighted by atomic mass is 16.6. The van der Waals surface area contributed by atoms with Gasteiger partial charge in [-0.1, -0.05) is 6.07 Å². The molecule has 0 aliphatic rings. The van der Waals surface area contributed by atoms with E-state index < -0.39 is 16.8 Å². The summed E-state index contributed by atoms with van der Waals surface area (Å²) >= 11 is 0. The minimum atomic E-state index is -0.670. The van der Waals surface area contributed by atoms with Crippen LogP contribution in [0.5, 0.6) is 11.5 Å². The number of nitro groups is 1. The van der Waals surface area contributed by atoms with Gasteiger partial charge in [-0.2, -0.15) is 5.26 Å². The Kier molecular flexibility index (Phi) is 7.25. The van der Waals surface area contributed by atoms with Gasteiger partial charge in [-0.25, -0.2) is 0 Å². The van der Waals surface area contributed by atoms with E-state index in [0.29, 0.717) is 29.2 Å². The van der Waals surface area contributed by atoms with Crippen LogP contribution in [0, 0.1) is 28.4 Å². The van der Waals surface area contributed by atoms with Gasteiger partial charge < -0.3 is 14.8 Å². The van der Waals surface area contributed by atoms with Crippen LogP contribution >= 0.6 is 0 Å². The fraction of sp³-hybridized carbons (Fsp3) is 0.190. The highest BCUT2D eigenvalue weighted by molar-refractivity contribution is 6.10. The molecule has 0 unspecified atom stereocenters. The lowest BCUT2D eigenvalue weighted by Crippen LogP contribution is -2.14. The topological polar surface area (TPSA) is 132 Å². The summed E-state index contributed by atoms with van der Waals surface area (Å²) in [5, 5.41) is 22.8. The summed E-state index contributed by atoms with van der Waals surface area (Å²) in [4.78, 5) is 34.0. The van der Waals surface area contributed by atoms with Crippen molar-refractivity contribution in [1.29, 1.82) is 5.26 Å². The third kappa shape index (κ3) is 5.65. The largest absolute Gasteiger partial charge is 0.490 e. The highest BCUT2D eigenvalue weighted by Crippen LogP contribution is 2.30. The number of aryl methyl sites for hydroxylation is 1. The van der Waals surface area contributed by atoms with Crippen molar-refractivity contribution >= 4 is 29.3 Å². The molecule has 0 saturated heterocycles. The molecule has 0 aliphatic carbocycles. The maximum absolute atomic E-state index is 12.5. The summed E-state index contributed by atoms with van der Waals surface area (Å²) in [6.07, 6.45) is 1.36. The van der Waals surface area contributed by atoms with E-state index in [-0.39, 0.29) is 17.0 Å². The van der Waals surface area contributed by atoms with Gasteiger partial charge in [0.1, 0.15) is 11.6 Å². The average Bonchev–Trinajstić information content (AvgIpc) is 2.69. The average molecular weight is 409 g/mol. The minimum absolute atomic E-state index is 0.0992. The molecule has 2 aromatic rings.